The van der Waals surface area contributed by atoms with E-state index in [4.69, 9.17) is 16.6 Å². The Balaban J connectivity index is 1.47. The van der Waals surface area contributed by atoms with Crippen LogP contribution in [0.5, 0.6) is 0 Å². The van der Waals surface area contributed by atoms with Crippen molar-refractivity contribution >= 4 is 29.1 Å². The molecule has 0 amide bonds. The maximum absolute atomic E-state index is 14.5. The van der Waals surface area contributed by atoms with E-state index in [9.17, 15) is 9.59 Å². The Bertz CT molecular complexity index is 1540. The summed E-state index contributed by atoms with van der Waals surface area (Å²) in [6.45, 7) is 0.426. The second-order valence-electron chi connectivity index (χ2n) is 10.4. The minimum absolute atomic E-state index is 0.0194. The SMILES string of the molecule is O=C(CSc1nc2c(c(=O)n1Cc1ccccc1)C1(CCCCC1)Cc1ccccc1-2)c1ccc(Cl)cc1. The number of carbonyl (C=O) groups is 1. The number of hydrogen-bond acceptors (Lipinski definition) is 4. The highest BCUT2D eigenvalue weighted by molar-refractivity contribution is 7.99. The molecule has 0 atom stereocenters. The summed E-state index contributed by atoms with van der Waals surface area (Å²) in [6, 6.07) is 25.3. The first-order chi connectivity index (χ1) is 18.5. The van der Waals surface area contributed by atoms with Gasteiger partial charge in [0.15, 0.2) is 10.9 Å². The second kappa shape index (κ2) is 10.5. The van der Waals surface area contributed by atoms with Gasteiger partial charge in [0.1, 0.15) is 0 Å². The molecule has 4 nitrogen and oxygen atoms in total. The third kappa shape index (κ3) is 4.74. The molecular formula is C32H29ClN2O2S. The summed E-state index contributed by atoms with van der Waals surface area (Å²) in [5, 5.41) is 1.18. The molecule has 1 fully saturated rings. The lowest BCUT2D eigenvalue weighted by Gasteiger charge is -2.42. The summed E-state index contributed by atoms with van der Waals surface area (Å²) in [6.07, 6.45) is 6.39. The lowest BCUT2D eigenvalue weighted by molar-refractivity contribution is 0.102. The van der Waals surface area contributed by atoms with Gasteiger partial charge in [0.05, 0.1) is 23.6 Å². The van der Waals surface area contributed by atoms with Crippen LogP contribution in [0.3, 0.4) is 0 Å². The maximum atomic E-state index is 14.5. The van der Waals surface area contributed by atoms with Crippen LogP contribution >= 0.6 is 23.4 Å². The predicted octanol–water partition coefficient (Wildman–Crippen LogP) is 7.35. The van der Waals surface area contributed by atoms with E-state index in [0.29, 0.717) is 22.3 Å². The molecule has 192 valence electrons. The normalized spacial score (nSPS) is 15.6. The third-order valence-corrected chi connectivity index (χ3v) is 9.19. The number of halogens is 1. The number of nitrogens with zero attached hydrogens (tertiary/aromatic N) is 2. The number of carbonyl (C=O) groups excluding carboxylic acids is 1. The van der Waals surface area contributed by atoms with Crippen molar-refractivity contribution in [1.82, 2.24) is 9.55 Å². The smallest absolute Gasteiger partial charge is 0.258 e. The highest BCUT2D eigenvalue weighted by Crippen LogP contribution is 2.48. The Kier molecular flexibility index (Phi) is 6.98. The molecule has 3 aromatic carbocycles. The Morgan fingerprint density at radius 3 is 2.39 bits per heavy atom. The number of aromatic nitrogens is 2. The molecule has 0 unspecified atom stereocenters. The summed E-state index contributed by atoms with van der Waals surface area (Å²) >= 11 is 7.35. The zero-order valence-electron chi connectivity index (χ0n) is 21.2. The molecule has 0 N–H and O–H groups in total. The average Bonchev–Trinajstić information content (AvgIpc) is 2.94. The fraction of sp³-hybridized carbons (Fsp3) is 0.281. The van der Waals surface area contributed by atoms with Crippen LogP contribution in [0.2, 0.25) is 5.02 Å². The van der Waals surface area contributed by atoms with Crippen LogP contribution in [0.25, 0.3) is 11.3 Å². The number of fused-ring (bicyclic) bond motifs is 4. The average molecular weight is 541 g/mol. The van der Waals surface area contributed by atoms with Gasteiger partial charge in [-0.3, -0.25) is 14.2 Å². The maximum Gasteiger partial charge on any atom is 0.258 e. The minimum atomic E-state index is -0.174. The van der Waals surface area contributed by atoms with Gasteiger partial charge >= 0.3 is 0 Å². The molecule has 4 aromatic rings. The van der Waals surface area contributed by atoms with Crippen molar-refractivity contribution in [3.63, 3.8) is 0 Å². The van der Waals surface area contributed by atoms with E-state index in [1.54, 1.807) is 28.8 Å². The number of thioether (sulfide) groups is 1. The van der Waals surface area contributed by atoms with Crippen LogP contribution in [0.15, 0.2) is 88.8 Å². The first kappa shape index (κ1) is 25.1. The van der Waals surface area contributed by atoms with Gasteiger partial charge in [-0.2, -0.15) is 0 Å². The molecule has 0 radical (unpaired) electrons. The summed E-state index contributed by atoms with van der Waals surface area (Å²) in [5.41, 5.74) is 5.50. The molecule has 0 aliphatic heterocycles. The summed E-state index contributed by atoms with van der Waals surface area (Å²) in [7, 11) is 0. The first-order valence-corrected chi connectivity index (χ1v) is 14.6. The number of Topliss-reactive ketones (excluding diaryl/α,β-unsaturated/α-hetero) is 1. The van der Waals surface area contributed by atoms with Crippen LogP contribution in [-0.2, 0) is 18.4 Å². The molecule has 0 bridgehead atoms. The molecule has 0 saturated heterocycles. The molecule has 6 heteroatoms. The van der Waals surface area contributed by atoms with Gasteiger partial charge in [0.2, 0.25) is 0 Å². The van der Waals surface area contributed by atoms with Crippen molar-refractivity contribution in [3.8, 4) is 11.3 Å². The third-order valence-electron chi connectivity index (χ3n) is 7.96. The number of benzene rings is 3. The Labute approximate surface area is 232 Å². The van der Waals surface area contributed by atoms with Crippen molar-refractivity contribution < 1.29 is 4.79 Å². The van der Waals surface area contributed by atoms with E-state index in [1.807, 2.05) is 36.4 Å². The molecule has 1 spiro atoms. The monoisotopic (exact) mass is 540 g/mol. The van der Waals surface area contributed by atoms with E-state index in [0.717, 1.165) is 54.5 Å². The number of ketones is 1. The zero-order chi connectivity index (χ0) is 26.1. The zero-order valence-corrected chi connectivity index (χ0v) is 22.7. The van der Waals surface area contributed by atoms with Crippen molar-refractivity contribution in [2.75, 3.05) is 5.75 Å². The molecule has 1 heterocycles. The highest BCUT2D eigenvalue weighted by atomic mass is 35.5. The van der Waals surface area contributed by atoms with E-state index >= 15 is 0 Å². The predicted molar refractivity (Wildman–Crippen MR) is 154 cm³/mol. The minimum Gasteiger partial charge on any atom is -0.293 e. The lowest BCUT2D eigenvalue weighted by atomic mass is 9.62. The van der Waals surface area contributed by atoms with Crippen LogP contribution in [0, 0.1) is 0 Å². The summed E-state index contributed by atoms with van der Waals surface area (Å²) in [4.78, 5) is 32.7. The van der Waals surface area contributed by atoms with E-state index in [-0.39, 0.29) is 22.5 Å². The molecule has 2 aliphatic rings. The Morgan fingerprint density at radius 1 is 0.921 bits per heavy atom. The standard InChI is InChI=1S/C32H29ClN2O2S/c33-25-15-13-23(14-16-25)27(36)21-38-31-34-29-26-12-6-5-11-24(26)19-32(17-7-2-8-18-32)28(29)30(37)35(31)20-22-9-3-1-4-10-22/h1,3-6,9-16H,2,7-8,17-21H2. The van der Waals surface area contributed by atoms with Gasteiger partial charge in [-0.05, 0) is 54.7 Å². The molecule has 38 heavy (non-hydrogen) atoms. The van der Waals surface area contributed by atoms with Crippen molar-refractivity contribution in [1.29, 1.82) is 0 Å². The quantitative estimate of drug-likeness (QED) is 0.146. The van der Waals surface area contributed by atoms with Crippen LogP contribution < -0.4 is 5.56 Å². The van der Waals surface area contributed by atoms with E-state index in [1.165, 1.54) is 23.7 Å². The summed E-state index contributed by atoms with van der Waals surface area (Å²) < 4.78 is 1.80. The molecule has 1 aromatic heterocycles. The van der Waals surface area contributed by atoms with Gasteiger partial charge in [0, 0.05) is 21.6 Å². The number of hydrogen-bond donors (Lipinski definition) is 0. The lowest BCUT2D eigenvalue weighted by Crippen LogP contribution is -2.43. The molecular weight excluding hydrogens is 512 g/mol. The van der Waals surface area contributed by atoms with Crippen molar-refractivity contribution in [2.45, 2.75) is 55.6 Å². The summed E-state index contributed by atoms with van der Waals surface area (Å²) in [5.74, 6) is 0.170. The van der Waals surface area contributed by atoms with Crippen molar-refractivity contribution in [3.05, 3.63) is 116 Å². The molecule has 6 rings (SSSR count). The largest absolute Gasteiger partial charge is 0.293 e. The fourth-order valence-corrected chi connectivity index (χ4v) is 7.10. The van der Waals surface area contributed by atoms with Gasteiger partial charge in [0.25, 0.3) is 5.56 Å². The van der Waals surface area contributed by atoms with E-state index in [2.05, 4.69) is 18.2 Å². The van der Waals surface area contributed by atoms with Crippen LogP contribution in [0.1, 0.15) is 59.2 Å². The first-order valence-electron chi connectivity index (χ1n) is 13.2. The molecule has 1 saturated carbocycles. The fourth-order valence-electron chi connectivity index (χ4n) is 6.09. The van der Waals surface area contributed by atoms with Crippen LogP contribution in [0.4, 0.5) is 0 Å². The second-order valence-corrected chi connectivity index (χ2v) is 11.8. The highest BCUT2D eigenvalue weighted by Gasteiger charge is 2.43. The number of rotatable bonds is 6. The van der Waals surface area contributed by atoms with Gasteiger partial charge < -0.3 is 0 Å². The molecule has 2 aliphatic carbocycles. The van der Waals surface area contributed by atoms with Crippen molar-refractivity contribution in [2.24, 2.45) is 0 Å². The topological polar surface area (TPSA) is 52.0 Å². The Hall–Kier alpha value is -3.15. The Morgan fingerprint density at radius 2 is 1.63 bits per heavy atom. The van der Waals surface area contributed by atoms with Gasteiger partial charge in [-0.1, -0.05) is 97.2 Å². The van der Waals surface area contributed by atoms with E-state index < -0.39 is 0 Å². The van der Waals surface area contributed by atoms with Crippen LogP contribution in [-0.4, -0.2) is 21.1 Å². The van der Waals surface area contributed by atoms with Gasteiger partial charge in [-0.15, -0.1) is 0 Å². The van der Waals surface area contributed by atoms with Gasteiger partial charge in [-0.25, -0.2) is 4.98 Å².